The van der Waals surface area contributed by atoms with E-state index in [9.17, 15) is 4.79 Å². The highest BCUT2D eigenvalue weighted by atomic mass is 16.5. The van der Waals surface area contributed by atoms with Gasteiger partial charge < -0.3 is 29.0 Å². The van der Waals surface area contributed by atoms with Crippen LogP contribution >= 0.6 is 0 Å². The number of nitrogens with zero attached hydrogens (tertiary/aromatic N) is 3. The summed E-state index contributed by atoms with van der Waals surface area (Å²) >= 11 is 0. The van der Waals surface area contributed by atoms with Crippen LogP contribution < -0.4 is 14.8 Å². The molecule has 0 radical (unpaired) electrons. The predicted molar refractivity (Wildman–Crippen MR) is 113 cm³/mol. The number of hydrogen-bond acceptors (Lipinski definition) is 5. The van der Waals surface area contributed by atoms with Gasteiger partial charge in [0.25, 0.3) is 5.91 Å². The molecular formula is C22H28N4O4. The number of fused-ring (bicyclic) bond motifs is 1. The van der Waals surface area contributed by atoms with Crippen LogP contribution in [-0.4, -0.2) is 68.1 Å². The van der Waals surface area contributed by atoms with Gasteiger partial charge in [0.15, 0.2) is 11.7 Å². The van der Waals surface area contributed by atoms with E-state index in [-0.39, 0.29) is 12.0 Å². The average Bonchev–Trinajstić information content (AvgIpc) is 3.42. The molecule has 2 aromatic rings. The minimum absolute atomic E-state index is 0.0697. The Balaban J connectivity index is 1.36. The normalized spacial score (nSPS) is 18.8. The van der Waals surface area contributed by atoms with E-state index >= 15 is 0 Å². The molecule has 1 N–H and O–H groups in total. The second kappa shape index (κ2) is 8.69. The van der Waals surface area contributed by atoms with Crippen LogP contribution in [0.4, 0.5) is 0 Å². The van der Waals surface area contributed by atoms with E-state index in [1.807, 2.05) is 4.90 Å². The van der Waals surface area contributed by atoms with Crippen molar-refractivity contribution >= 4 is 11.9 Å². The molecule has 0 saturated carbocycles. The standard InChI is InChI=1S/C22H28N4O4/c1-15-11-16-12-19(28-3)17(13-20(16)30-15)14-24-22(23-2)26-8-6-25(7-9-26)21(27)18-5-4-10-29-18/h4-5,10,12-13,15H,6-9,11,14H2,1-3H3,(H,23,24). The number of nitrogens with one attached hydrogen (secondary N) is 1. The van der Waals surface area contributed by atoms with Crippen molar-refractivity contribution in [3.05, 3.63) is 47.4 Å². The summed E-state index contributed by atoms with van der Waals surface area (Å²) in [5, 5.41) is 3.42. The summed E-state index contributed by atoms with van der Waals surface area (Å²) in [5.74, 6) is 2.89. The predicted octanol–water partition coefficient (Wildman–Crippen LogP) is 2.14. The van der Waals surface area contributed by atoms with Crippen molar-refractivity contribution in [1.82, 2.24) is 15.1 Å². The van der Waals surface area contributed by atoms with Gasteiger partial charge in [0.1, 0.15) is 17.6 Å². The average molecular weight is 412 g/mol. The molecule has 3 heterocycles. The highest BCUT2D eigenvalue weighted by molar-refractivity contribution is 5.91. The van der Waals surface area contributed by atoms with Crippen LogP contribution in [0.25, 0.3) is 0 Å². The van der Waals surface area contributed by atoms with E-state index in [1.54, 1.807) is 26.3 Å². The molecule has 0 bridgehead atoms. The Morgan fingerprint density at radius 3 is 2.70 bits per heavy atom. The van der Waals surface area contributed by atoms with Crippen LogP contribution in [0.1, 0.15) is 28.6 Å². The number of carbonyl (C=O) groups is 1. The molecule has 1 aromatic heterocycles. The van der Waals surface area contributed by atoms with Gasteiger partial charge in [0.2, 0.25) is 0 Å². The quantitative estimate of drug-likeness (QED) is 0.612. The Morgan fingerprint density at radius 1 is 1.27 bits per heavy atom. The third-order valence-corrected chi connectivity index (χ3v) is 5.55. The molecule has 2 aliphatic heterocycles. The number of piperazine rings is 1. The summed E-state index contributed by atoms with van der Waals surface area (Å²) in [6.07, 6.45) is 2.62. The van der Waals surface area contributed by atoms with E-state index in [0.29, 0.717) is 38.5 Å². The first-order valence-electron chi connectivity index (χ1n) is 10.2. The number of ether oxygens (including phenoxy) is 2. The number of methoxy groups -OCH3 is 1. The molecular weight excluding hydrogens is 384 g/mol. The molecule has 4 rings (SSSR count). The molecule has 0 aliphatic carbocycles. The van der Waals surface area contributed by atoms with Gasteiger partial charge in [-0.1, -0.05) is 0 Å². The first-order chi connectivity index (χ1) is 14.6. The van der Waals surface area contributed by atoms with Crippen LogP contribution in [0, 0.1) is 0 Å². The lowest BCUT2D eigenvalue weighted by atomic mass is 10.1. The SMILES string of the molecule is CN=C(NCc1cc2c(cc1OC)CC(C)O2)N1CCN(C(=O)c2ccco2)CC1. The number of hydrogen-bond donors (Lipinski definition) is 1. The maximum absolute atomic E-state index is 12.4. The lowest BCUT2D eigenvalue weighted by molar-refractivity contribution is 0.0657. The molecule has 8 heteroatoms. The number of aliphatic imine (C=N–C) groups is 1. The summed E-state index contributed by atoms with van der Waals surface area (Å²) in [6.45, 7) is 5.29. The molecule has 0 spiro atoms. The molecule has 30 heavy (non-hydrogen) atoms. The first-order valence-corrected chi connectivity index (χ1v) is 10.2. The van der Waals surface area contributed by atoms with Gasteiger partial charge in [-0.15, -0.1) is 0 Å². The maximum atomic E-state index is 12.4. The number of benzene rings is 1. The first kappa shape index (κ1) is 20.1. The van der Waals surface area contributed by atoms with Crippen LogP contribution in [0.2, 0.25) is 0 Å². The smallest absolute Gasteiger partial charge is 0.289 e. The highest BCUT2D eigenvalue weighted by Crippen LogP contribution is 2.34. The summed E-state index contributed by atoms with van der Waals surface area (Å²) < 4.78 is 16.7. The van der Waals surface area contributed by atoms with Crippen molar-refractivity contribution in [2.45, 2.75) is 26.0 Å². The van der Waals surface area contributed by atoms with Crippen LogP contribution in [0.15, 0.2) is 39.9 Å². The molecule has 1 unspecified atom stereocenters. The number of carbonyl (C=O) groups excluding carboxylic acids is 1. The second-order valence-electron chi connectivity index (χ2n) is 7.56. The van der Waals surface area contributed by atoms with Crippen LogP contribution in [-0.2, 0) is 13.0 Å². The molecule has 1 saturated heterocycles. The third kappa shape index (κ3) is 4.08. The Hall–Kier alpha value is -3.16. The molecule has 1 aromatic carbocycles. The molecule has 160 valence electrons. The maximum Gasteiger partial charge on any atom is 0.289 e. The topological polar surface area (TPSA) is 79.5 Å². The van der Waals surface area contributed by atoms with Crippen LogP contribution in [0.5, 0.6) is 11.5 Å². The van der Waals surface area contributed by atoms with E-state index in [2.05, 4.69) is 34.3 Å². The second-order valence-corrected chi connectivity index (χ2v) is 7.56. The highest BCUT2D eigenvalue weighted by Gasteiger charge is 2.26. The van der Waals surface area contributed by atoms with Gasteiger partial charge in [-0.25, -0.2) is 0 Å². The summed E-state index contributed by atoms with van der Waals surface area (Å²) in [4.78, 5) is 20.8. The molecule has 8 nitrogen and oxygen atoms in total. The number of guanidine groups is 1. The van der Waals surface area contributed by atoms with Gasteiger partial charge in [-0.05, 0) is 31.2 Å². The number of amides is 1. The van der Waals surface area contributed by atoms with E-state index < -0.39 is 0 Å². The van der Waals surface area contributed by atoms with Crippen molar-refractivity contribution < 1.29 is 18.7 Å². The van der Waals surface area contributed by atoms with Gasteiger partial charge in [0.05, 0.1) is 13.4 Å². The fourth-order valence-electron chi connectivity index (χ4n) is 3.99. The Bertz CT molecular complexity index is 917. The molecule has 1 atom stereocenters. The Kier molecular flexibility index (Phi) is 5.83. The van der Waals surface area contributed by atoms with Gasteiger partial charge in [0, 0.05) is 57.3 Å². The van der Waals surface area contributed by atoms with E-state index in [4.69, 9.17) is 13.9 Å². The van der Waals surface area contributed by atoms with Gasteiger partial charge >= 0.3 is 0 Å². The number of rotatable bonds is 4. The van der Waals surface area contributed by atoms with Crippen molar-refractivity contribution in [1.29, 1.82) is 0 Å². The van der Waals surface area contributed by atoms with Crippen molar-refractivity contribution in [2.75, 3.05) is 40.3 Å². The fourth-order valence-corrected chi connectivity index (χ4v) is 3.99. The Labute approximate surface area is 176 Å². The van der Waals surface area contributed by atoms with E-state index in [0.717, 1.165) is 29.4 Å². The van der Waals surface area contributed by atoms with Crippen molar-refractivity contribution in [3.63, 3.8) is 0 Å². The zero-order valence-corrected chi connectivity index (χ0v) is 17.7. The van der Waals surface area contributed by atoms with Crippen molar-refractivity contribution in [3.8, 4) is 11.5 Å². The largest absolute Gasteiger partial charge is 0.496 e. The molecule has 2 aliphatic rings. The summed E-state index contributed by atoms with van der Waals surface area (Å²) in [5.41, 5.74) is 2.21. The molecule has 1 fully saturated rings. The monoisotopic (exact) mass is 412 g/mol. The minimum Gasteiger partial charge on any atom is -0.496 e. The van der Waals surface area contributed by atoms with Gasteiger partial charge in [-0.2, -0.15) is 0 Å². The lowest BCUT2D eigenvalue weighted by Crippen LogP contribution is -2.53. The number of furan rings is 1. The Morgan fingerprint density at radius 2 is 2.03 bits per heavy atom. The van der Waals surface area contributed by atoms with Crippen LogP contribution in [0.3, 0.4) is 0 Å². The minimum atomic E-state index is -0.0697. The lowest BCUT2D eigenvalue weighted by Gasteiger charge is -2.36. The van der Waals surface area contributed by atoms with E-state index in [1.165, 1.54) is 11.8 Å². The third-order valence-electron chi connectivity index (χ3n) is 5.55. The molecule has 1 amide bonds. The summed E-state index contributed by atoms with van der Waals surface area (Å²) in [7, 11) is 3.46. The zero-order valence-electron chi connectivity index (χ0n) is 17.7. The fraction of sp³-hybridized carbons (Fsp3) is 0.455. The van der Waals surface area contributed by atoms with Gasteiger partial charge in [-0.3, -0.25) is 9.79 Å². The van der Waals surface area contributed by atoms with Crippen molar-refractivity contribution in [2.24, 2.45) is 4.99 Å². The summed E-state index contributed by atoms with van der Waals surface area (Å²) in [6, 6.07) is 7.55. The zero-order chi connectivity index (χ0) is 21.1.